The highest BCUT2D eigenvalue weighted by atomic mass is 35.5. The molecule has 33 heavy (non-hydrogen) atoms. The molecule has 172 valence electrons. The molecule has 4 rings (SSSR count). The van der Waals surface area contributed by atoms with Gasteiger partial charge in [0.15, 0.2) is 6.29 Å². The predicted octanol–water partition coefficient (Wildman–Crippen LogP) is 2.81. The first kappa shape index (κ1) is 22.7. The second kappa shape index (κ2) is 9.97. The van der Waals surface area contributed by atoms with Crippen LogP contribution in [0.2, 0.25) is 5.02 Å². The summed E-state index contributed by atoms with van der Waals surface area (Å²) in [5.74, 6) is -1.31. The highest BCUT2D eigenvalue weighted by molar-refractivity contribution is 6.31. The van der Waals surface area contributed by atoms with Crippen molar-refractivity contribution in [3.05, 3.63) is 58.4 Å². The van der Waals surface area contributed by atoms with E-state index in [0.29, 0.717) is 48.9 Å². The Bertz CT molecular complexity index is 1110. The quantitative estimate of drug-likeness (QED) is 0.395. The number of hydrazone groups is 1. The summed E-state index contributed by atoms with van der Waals surface area (Å²) in [5, 5.41) is 17.5. The van der Waals surface area contributed by atoms with Crippen molar-refractivity contribution in [1.82, 2.24) is 15.1 Å². The number of halogens is 2. The highest BCUT2D eigenvalue weighted by Gasteiger charge is 2.31. The minimum Gasteiger partial charge on any atom is -0.352 e. The van der Waals surface area contributed by atoms with Crippen LogP contribution in [0.3, 0.4) is 0 Å². The highest BCUT2D eigenvalue weighted by Crippen LogP contribution is 2.26. The summed E-state index contributed by atoms with van der Waals surface area (Å²) in [6.45, 7) is 1.92. The second-order valence-corrected chi connectivity index (χ2v) is 8.05. The minimum atomic E-state index is -0.646. The number of hydrogen-bond donors (Lipinski definition) is 4. The number of anilines is 2. The van der Waals surface area contributed by atoms with E-state index in [1.165, 1.54) is 18.3 Å². The SMILES string of the molecule is N=C/C=N\Nc1cccc(F)c1C(=O)N1CCCN(C2NC(=O)c3cc(Cl)ccc3N2)CC1. The molecule has 0 radical (unpaired) electrons. The monoisotopic (exact) mass is 471 g/mol. The van der Waals surface area contributed by atoms with Crippen molar-refractivity contribution in [1.29, 1.82) is 5.41 Å². The fraction of sp³-hybridized carbons (Fsp3) is 0.273. The van der Waals surface area contributed by atoms with Crippen LogP contribution in [0.15, 0.2) is 41.5 Å². The van der Waals surface area contributed by atoms with Crippen LogP contribution in [0, 0.1) is 11.2 Å². The summed E-state index contributed by atoms with van der Waals surface area (Å²) >= 11 is 6.00. The van der Waals surface area contributed by atoms with Gasteiger partial charge in [-0.2, -0.15) is 5.10 Å². The molecule has 1 fully saturated rings. The van der Waals surface area contributed by atoms with Crippen LogP contribution in [-0.4, -0.2) is 66.5 Å². The van der Waals surface area contributed by atoms with Crippen molar-refractivity contribution in [2.75, 3.05) is 36.9 Å². The van der Waals surface area contributed by atoms with Gasteiger partial charge in [0.2, 0.25) is 0 Å². The lowest BCUT2D eigenvalue weighted by atomic mass is 10.1. The third-order valence-corrected chi connectivity index (χ3v) is 5.77. The molecule has 11 heteroatoms. The lowest BCUT2D eigenvalue weighted by Gasteiger charge is -2.36. The molecule has 0 saturated carbocycles. The summed E-state index contributed by atoms with van der Waals surface area (Å²) < 4.78 is 14.6. The summed E-state index contributed by atoms with van der Waals surface area (Å²) in [7, 11) is 0. The summed E-state index contributed by atoms with van der Waals surface area (Å²) in [4.78, 5) is 29.4. The van der Waals surface area contributed by atoms with Crippen LogP contribution in [0.4, 0.5) is 15.8 Å². The average molecular weight is 472 g/mol. The Balaban J connectivity index is 1.46. The van der Waals surface area contributed by atoms with E-state index in [4.69, 9.17) is 17.0 Å². The standard InChI is InChI=1S/C22H23ClFN7O2/c23-14-5-6-17-15(13-14)20(32)28-22(27-17)31-10-2-9-30(11-12-31)21(33)19-16(24)3-1-4-18(19)29-26-8-7-25/h1,3-8,13,22,25,27,29H,2,9-12H2,(H,28,32)/b25-7?,26-8-. The maximum atomic E-state index is 14.6. The van der Waals surface area contributed by atoms with Gasteiger partial charge >= 0.3 is 0 Å². The number of hydrogen-bond acceptors (Lipinski definition) is 7. The van der Waals surface area contributed by atoms with Gasteiger partial charge in [-0.25, -0.2) is 4.39 Å². The predicted molar refractivity (Wildman–Crippen MR) is 126 cm³/mol. The van der Waals surface area contributed by atoms with Crippen LogP contribution in [0.5, 0.6) is 0 Å². The van der Waals surface area contributed by atoms with E-state index in [0.717, 1.165) is 6.21 Å². The fourth-order valence-corrected chi connectivity index (χ4v) is 4.11. The van der Waals surface area contributed by atoms with Crippen molar-refractivity contribution >= 4 is 47.2 Å². The zero-order valence-electron chi connectivity index (χ0n) is 17.6. The number of benzene rings is 2. The second-order valence-electron chi connectivity index (χ2n) is 7.61. The number of rotatable bonds is 5. The van der Waals surface area contributed by atoms with Crippen LogP contribution in [-0.2, 0) is 0 Å². The van der Waals surface area contributed by atoms with Gasteiger partial charge in [0.05, 0.1) is 17.5 Å². The van der Waals surface area contributed by atoms with E-state index >= 15 is 0 Å². The normalized spacial score (nSPS) is 18.8. The maximum Gasteiger partial charge on any atom is 0.259 e. The Morgan fingerprint density at radius 1 is 1.21 bits per heavy atom. The molecule has 0 bridgehead atoms. The Labute approximate surface area is 195 Å². The van der Waals surface area contributed by atoms with Crippen molar-refractivity contribution < 1.29 is 14.0 Å². The Hall–Kier alpha value is -3.50. The number of nitrogens with zero attached hydrogens (tertiary/aromatic N) is 3. The van der Waals surface area contributed by atoms with Crippen molar-refractivity contribution in [2.45, 2.75) is 12.7 Å². The van der Waals surface area contributed by atoms with Gasteiger partial charge in [0.25, 0.3) is 11.8 Å². The molecule has 1 atom stereocenters. The first-order chi connectivity index (χ1) is 16.0. The van der Waals surface area contributed by atoms with Gasteiger partial charge in [-0.1, -0.05) is 17.7 Å². The van der Waals surface area contributed by atoms with E-state index < -0.39 is 18.0 Å². The van der Waals surface area contributed by atoms with Gasteiger partial charge in [0, 0.05) is 43.1 Å². The van der Waals surface area contributed by atoms with Gasteiger partial charge in [-0.05, 0) is 36.8 Å². The Morgan fingerprint density at radius 2 is 2.06 bits per heavy atom. The summed E-state index contributed by atoms with van der Waals surface area (Å²) in [6.07, 6.45) is 2.39. The number of amides is 2. The first-order valence-corrected chi connectivity index (χ1v) is 10.8. The van der Waals surface area contributed by atoms with Crippen LogP contribution in [0.25, 0.3) is 0 Å². The molecular weight excluding hydrogens is 449 g/mol. The smallest absolute Gasteiger partial charge is 0.259 e. The molecule has 0 spiro atoms. The number of carbonyl (C=O) groups is 2. The summed E-state index contributed by atoms with van der Waals surface area (Å²) in [5.41, 5.74) is 3.93. The van der Waals surface area contributed by atoms with E-state index in [-0.39, 0.29) is 17.2 Å². The molecule has 1 unspecified atom stereocenters. The molecule has 2 amide bonds. The van der Waals surface area contributed by atoms with Gasteiger partial charge in [0.1, 0.15) is 11.4 Å². The van der Waals surface area contributed by atoms with Crippen LogP contribution in [0.1, 0.15) is 27.1 Å². The first-order valence-electron chi connectivity index (χ1n) is 10.4. The zero-order chi connectivity index (χ0) is 23.4. The fourth-order valence-electron chi connectivity index (χ4n) is 3.93. The number of nitrogens with one attached hydrogen (secondary N) is 4. The minimum absolute atomic E-state index is 0.0945. The lowest BCUT2D eigenvalue weighted by molar-refractivity contribution is 0.0744. The molecular formula is C22H23ClFN7O2. The number of carbonyl (C=O) groups excluding carboxylic acids is 2. The van der Waals surface area contributed by atoms with Gasteiger partial charge in [-0.15, -0.1) is 0 Å². The molecule has 2 aliphatic rings. The molecule has 2 aliphatic heterocycles. The van der Waals surface area contributed by atoms with Crippen LogP contribution >= 0.6 is 11.6 Å². The molecule has 1 saturated heterocycles. The molecule has 4 N–H and O–H groups in total. The van der Waals surface area contributed by atoms with Gasteiger partial charge in [-0.3, -0.25) is 19.9 Å². The molecule has 0 aromatic heterocycles. The van der Waals surface area contributed by atoms with E-state index in [1.807, 2.05) is 4.90 Å². The molecule has 2 heterocycles. The third-order valence-electron chi connectivity index (χ3n) is 5.53. The maximum absolute atomic E-state index is 14.6. The van der Waals surface area contributed by atoms with Crippen LogP contribution < -0.4 is 16.1 Å². The topological polar surface area (TPSA) is 113 Å². The summed E-state index contributed by atoms with van der Waals surface area (Å²) in [6, 6.07) is 9.38. The van der Waals surface area contributed by atoms with Crippen molar-refractivity contribution in [3.8, 4) is 0 Å². The molecule has 0 aliphatic carbocycles. The Kier molecular flexibility index (Phi) is 6.85. The lowest BCUT2D eigenvalue weighted by Crippen LogP contribution is -2.56. The zero-order valence-corrected chi connectivity index (χ0v) is 18.4. The van der Waals surface area contributed by atoms with Crippen molar-refractivity contribution in [2.24, 2.45) is 5.10 Å². The molecule has 9 nitrogen and oxygen atoms in total. The largest absolute Gasteiger partial charge is 0.352 e. The van der Waals surface area contributed by atoms with Gasteiger partial charge < -0.3 is 20.9 Å². The van der Waals surface area contributed by atoms with E-state index in [2.05, 4.69) is 21.2 Å². The van der Waals surface area contributed by atoms with E-state index in [1.54, 1.807) is 29.2 Å². The molecule has 2 aromatic rings. The Morgan fingerprint density at radius 3 is 2.88 bits per heavy atom. The molecule has 2 aromatic carbocycles. The third kappa shape index (κ3) is 4.96. The number of fused-ring (bicyclic) bond motifs is 1. The average Bonchev–Trinajstić information content (AvgIpc) is 3.06. The van der Waals surface area contributed by atoms with E-state index in [9.17, 15) is 14.0 Å². The van der Waals surface area contributed by atoms with Crippen molar-refractivity contribution in [3.63, 3.8) is 0 Å².